The summed E-state index contributed by atoms with van der Waals surface area (Å²) < 4.78 is 5.67. The summed E-state index contributed by atoms with van der Waals surface area (Å²) in [6.07, 6.45) is 0. The van der Waals surface area contributed by atoms with Gasteiger partial charge >= 0.3 is 0 Å². The van der Waals surface area contributed by atoms with E-state index in [1.807, 2.05) is 25.1 Å². The van der Waals surface area contributed by atoms with Gasteiger partial charge in [-0.3, -0.25) is 5.10 Å². The standard InChI is InChI=1S/C14H20N4O/c1-9-5-13(18-17-9)19-12-7-10(8-15)6-11(16-12)14(2,3)4/h5-7H,8,15H2,1-4H3,(H,17,18). The Morgan fingerprint density at radius 3 is 2.47 bits per heavy atom. The fraction of sp³-hybridized carbons (Fsp3) is 0.429. The van der Waals surface area contributed by atoms with Gasteiger partial charge < -0.3 is 10.5 Å². The van der Waals surface area contributed by atoms with Gasteiger partial charge in [0.05, 0.1) is 5.69 Å². The largest absolute Gasteiger partial charge is 0.419 e. The molecule has 5 nitrogen and oxygen atoms in total. The number of hydrogen-bond acceptors (Lipinski definition) is 4. The van der Waals surface area contributed by atoms with E-state index >= 15 is 0 Å². The summed E-state index contributed by atoms with van der Waals surface area (Å²) in [5.74, 6) is 1.04. The Kier molecular flexibility index (Phi) is 3.57. The van der Waals surface area contributed by atoms with Crippen molar-refractivity contribution in [1.29, 1.82) is 0 Å². The van der Waals surface area contributed by atoms with Crippen LogP contribution in [-0.2, 0) is 12.0 Å². The van der Waals surface area contributed by atoms with E-state index in [1.54, 1.807) is 0 Å². The monoisotopic (exact) mass is 260 g/mol. The lowest BCUT2D eigenvalue weighted by molar-refractivity contribution is 0.433. The van der Waals surface area contributed by atoms with Crippen LogP contribution in [0.5, 0.6) is 11.8 Å². The van der Waals surface area contributed by atoms with Gasteiger partial charge in [-0.15, -0.1) is 5.10 Å². The molecule has 5 heteroatoms. The molecular formula is C14H20N4O. The van der Waals surface area contributed by atoms with Gasteiger partial charge in [0.25, 0.3) is 0 Å². The maximum absolute atomic E-state index is 5.72. The van der Waals surface area contributed by atoms with Crippen molar-refractivity contribution in [3.05, 3.63) is 35.2 Å². The number of pyridine rings is 1. The number of aromatic nitrogens is 3. The Morgan fingerprint density at radius 1 is 1.21 bits per heavy atom. The zero-order chi connectivity index (χ0) is 14.0. The fourth-order valence-corrected chi connectivity index (χ4v) is 1.67. The summed E-state index contributed by atoms with van der Waals surface area (Å²) in [4.78, 5) is 4.53. The van der Waals surface area contributed by atoms with E-state index in [2.05, 4.69) is 36.0 Å². The third kappa shape index (κ3) is 3.32. The fourth-order valence-electron chi connectivity index (χ4n) is 1.67. The molecule has 0 saturated heterocycles. The Balaban J connectivity index is 2.34. The van der Waals surface area contributed by atoms with Crippen LogP contribution in [0.1, 0.15) is 37.7 Å². The van der Waals surface area contributed by atoms with Crippen molar-refractivity contribution in [2.75, 3.05) is 0 Å². The van der Waals surface area contributed by atoms with Crippen molar-refractivity contribution in [2.45, 2.75) is 39.7 Å². The van der Waals surface area contributed by atoms with Crippen LogP contribution in [-0.4, -0.2) is 15.2 Å². The van der Waals surface area contributed by atoms with Crippen LogP contribution in [0.25, 0.3) is 0 Å². The van der Waals surface area contributed by atoms with Crippen LogP contribution in [0.3, 0.4) is 0 Å². The first-order chi connectivity index (χ1) is 8.88. The maximum atomic E-state index is 5.72. The second-order valence-corrected chi connectivity index (χ2v) is 5.64. The molecule has 102 valence electrons. The smallest absolute Gasteiger partial charge is 0.240 e. The molecule has 0 spiro atoms. The molecule has 0 aromatic carbocycles. The number of aryl methyl sites for hydroxylation is 1. The van der Waals surface area contributed by atoms with Gasteiger partial charge in [-0.2, -0.15) is 0 Å². The van der Waals surface area contributed by atoms with E-state index < -0.39 is 0 Å². The van der Waals surface area contributed by atoms with Gasteiger partial charge in [-0.25, -0.2) is 4.98 Å². The molecule has 19 heavy (non-hydrogen) atoms. The molecule has 2 aromatic heterocycles. The van der Waals surface area contributed by atoms with Crippen LogP contribution < -0.4 is 10.5 Å². The van der Waals surface area contributed by atoms with Crippen molar-refractivity contribution in [2.24, 2.45) is 5.73 Å². The van der Waals surface area contributed by atoms with Crippen molar-refractivity contribution >= 4 is 0 Å². The van der Waals surface area contributed by atoms with Gasteiger partial charge in [-0.05, 0) is 18.6 Å². The lowest BCUT2D eigenvalue weighted by Crippen LogP contribution is -2.15. The zero-order valence-corrected chi connectivity index (χ0v) is 11.8. The first-order valence-corrected chi connectivity index (χ1v) is 6.30. The lowest BCUT2D eigenvalue weighted by atomic mass is 9.91. The van der Waals surface area contributed by atoms with Crippen LogP contribution in [0.4, 0.5) is 0 Å². The van der Waals surface area contributed by atoms with Crippen LogP contribution in [0, 0.1) is 6.92 Å². The summed E-state index contributed by atoms with van der Waals surface area (Å²) in [6, 6.07) is 5.69. The molecule has 3 N–H and O–H groups in total. The highest BCUT2D eigenvalue weighted by atomic mass is 16.5. The second kappa shape index (κ2) is 5.01. The Bertz CT molecular complexity index is 569. The average molecular weight is 260 g/mol. The topological polar surface area (TPSA) is 76.8 Å². The van der Waals surface area contributed by atoms with Crippen molar-refractivity contribution in [3.8, 4) is 11.8 Å². The molecule has 0 aliphatic carbocycles. The third-order valence-electron chi connectivity index (χ3n) is 2.76. The summed E-state index contributed by atoms with van der Waals surface area (Å²) >= 11 is 0. The van der Waals surface area contributed by atoms with Crippen LogP contribution in [0.2, 0.25) is 0 Å². The highest BCUT2D eigenvalue weighted by Gasteiger charge is 2.17. The van der Waals surface area contributed by atoms with Gasteiger partial charge in [0, 0.05) is 29.8 Å². The molecule has 2 aromatic rings. The number of H-pyrrole nitrogens is 1. The van der Waals surface area contributed by atoms with Gasteiger partial charge in [-0.1, -0.05) is 20.8 Å². The quantitative estimate of drug-likeness (QED) is 0.889. The van der Waals surface area contributed by atoms with Gasteiger partial charge in [0.15, 0.2) is 0 Å². The minimum Gasteiger partial charge on any atom is -0.419 e. The average Bonchev–Trinajstić information content (AvgIpc) is 2.73. The Hall–Kier alpha value is -1.88. The summed E-state index contributed by atoms with van der Waals surface area (Å²) in [7, 11) is 0. The minimum absolute atomic E-state index is 0.0508. The highest BCUT2D eigenvalue weighted by Crippen LogP contribution is 2.26. The number of hydrogen-bond donors (Lipinski definition) is 2. The Morgan fingerprint density at radius 2 is 1.95 bits per heavy atom. The number of nitrogens with two attached hydrogens (primary N) is 1. The van der Waals surface area contributed by atoms with Gasteiger partial charge in [0.2, 0.25) is 11.8 Å². The summed E-state index contributed by atoms with van der Waals surface area (Å²) in [6.45, 7) is 8.71. The number of nitrogens with zero attached hydrogens (tertiary/aromatic N) is 2. The molecule has 0 radical (unpaired) electrons. The SMILES string of the molecule is Cc1cc(Oc2cc(CN)cc(C(C)(C)C)n2)n[nH]1. The Labute approximate surface area is 113 Å². The molecule has 0 fully saturated rings. The third-order valence-corrected chi connectivity index (χ3v) is 2.76. The molecule has 2 heterocycles. The second-order valence-electron chi connectivity index (χ2n) is 5.64. The molecule has 0 atom stereocenters. The molecule has 2 rings (SSSR count). The number of ether oxygens (including phenoxy) is 1. The van der Waals surface area contributed by atoms with E-state index in [0.29, 0.717) is 18.3 Å². The first-order valence-electron chi connectivity index (χ1n) is 6.30. The molecule has 0 unspecified atom stereocenters. The molecule has 0 aliphatic rings. The van der Waals surface area contributed by atoms with E-state index in [0.717, 1.165) is 17.0 Å². The predicted molar refractivity (Wildman–Crippen MR) is 74.2 cm³/mol. The van der Waals surface area contributed by atoms with Gasteiger partial charge in [0.1, 0.15) is 0 Å². The molecule has 0 amide bonds. The predicted octanol–water partition coefficient (Wildman–Crippen LogP) is 2.66. The summed E-state index contributed by atoms with van der Waals surface area (Å²) in [5, 5.41) is 6.87. The highest BCUT2D eigenvalue weighted by molar-refractivity contribution is 5.30. The van der Waals surface area contributed by atoms with E-state index in [4.69, 9.17) is 10.5 Å². The minimum atomic E-state index is -0.0508. The number of nitrogens with one attached hydrogen (secondary N) is 1. The van der Waals surface area contributed by atoms with Crippen molar-refractivity contribution in [1.82, 2.24) is 15.2 Å². The van der Waals surface area contributed by atoms with Crippen molar-refractivity contribution < 1.29 is 4.74 Å². The first kappa shape index (κ1) is 13.5. The number of rotatable bonds is 3. The normalized spacial score (nSPS) is 11.6. The van der Waals surface area contributed by atoms with Crippen molar-refractivity contribution in [3.63, 3.8) is 0 Å². The zero-order valence-electron chi connectivity index (χ0n) is 11.8. The van der Waals surface area contributed by atoms with Crippen LogP contribution in [0.15, 0.2) is 18.2 Å². The maximum Gasteiger partial charge on any atom is 0.240 e. The summed E-state index contributed by atoms with van der Waals surface area (Å²) in [5.41, 5.74) is 8.58. The van der Waals surface area contributed by atoms with Crippen LogP contribution >= 0.6 is 0 Å². The molecular weight excluding hydrogens is 240 g/mol. The number of aromatic amines is 1. The van der Waals surface area contributed by atoms with E-state index in [9.17, 15) is 0 Å². The van der Waals surface area contributed by atoms with E-state index in [-0.39, 0.29) is 5.41 Å². The lowest BCUT2D eigenvalue weighted by Gasteiger charge is -2.19. The van der Waals surface area contributed by atoms with E-state index in [1.165, 1.54) is 0 Å². The molecule has 0 saturated carbocycles. The molecule has 0 bridgehead atoms. The molecule has 0 aliphatic heterocycles.